The molecule has 1 rings (SSSR count). The van der Waals surface area contributed by atoms with E-state index in [2.05, 4.69) is 43.4 Å². The van der Waals surface area contributed by atoms with Gasteiger partial charge in [0.15, 0.2) is 0 Å². The van der Waals surface area contributed by atoms with E-state index in [1.165, 1.54) is 30.7 Å². The van der Waals surface area contributed by atoms with Gasteiger partial charge < -0.3 is 5.32 Å². The second kappa shape index (κ2) is 8.65. The summed E-state index contributed by atoms with van der Waals surface area (Å²) in [6.45, 7) is 9.93. The van der Waals surface area contributed by atoms with E-state index in [1.54, 1.807) is 11.3 Å². The topological polar surface area (TPSA) is 24.9 Å². The summed E-state index contributed by atoms with van der Waals surface area (Å²) in [5.41, 5.74) is 1.16. The number of likely N-dealkylation sites (N-methyl/N-ethyl adjacent to an activating group) is 1. The molecule has 0 aliphatic carbocycles. The lowest BCUT2D eigenvalue weighted by molar-refractivity contribution is 0.319. The van der Waals surface area contributed by atoms with Gasteiger partial charge in [0.05, 0.1) is 5.01 Å². The summed E-state index contributed by atoms with van der Waals surface area (Å²) in [6, 6.07) is 0.595. The standard InChI is InChI=1S/C15H28N2S/c1-5-8-9-13(6-2)14(16-7-3)10-15-17-12(4)11-18-15/h11,13-14,16H,5-10H2,1-4H3. The van der Waals surface area contributed by atoms with E-state index < -0.39 is 0 Å². The van der Waals surface area contributed by atoms with Crippen LogP contribution in [0, 0.1) is 12.8 Å². The molecule has 1 aromatic rings. The molecule has 1 heterocycles. The van der Waals surface area contributed by atoms with Crippen LogP contribution < -0.4 is 5.32 Å². The first kappa shape index (κ1) is 15.6. The predicted molar refractivity (Wildman–Crippen MR) is 81.3 cm³/mol. The van der Waals surface area contributed by atoms with E-state index in [4.69, 9.17) is 0 Å². The number of nitrogens with zero attached hydrogens (tertiary/aromatic N) is 1. The van der Waals surface area contributed by atoms with E-state index >= 15 is 0 Å². The highest BCUT2D eigenvalue weighted by Crippen LogP contribution is 2.21. The van der Waals surface area contributed by atoms with Crippen molar-refractivity contribution in [3.05, 3.63) is 16.1 Å². The average Bonchev–Trinajstić information content (AvgIpc) is 2.76. The molecule has 0 aliphatic heterocycles. The second-order valence-corrected chi connectivity index (χ2v) is 6.00. The molecule has 0 radical (unpaired) electrons. The van der Waals surface area contributed by atoms with Crippen LogP contribution in [0.25, 0.3) is 0 Å². The Labute approximate surface area is 116 Å². The molecule has 2 atom stereocenters. The molecule has 0 fully saturated rings. The number of unbranched alkanes of at least 4 members (excludes halogenated alkanes) is 1. The molecule has 0 amide bonds. The van der Waals surface area contributed by atoms with Crippen LogP contribution in [0.3, 0.4) is 0 Å². The average molecular weight is 268 g/mol. The van der Waals surface area contributed by atoms with Crippen molar-refractivity contribution in [3.63, 3.8) is 0 Å². The summed E-state index contributed by atoms with van der Waals surface area (Å²) in [5, 5.41) is 7.11. The van der Waals surface area contributed by atoms with Crippen molar-refractivity contribution < 1.29 is 0 Å². The van der Waals surface area contributed by atoms with Crippen LogP contribution in [-0.2, 0) is 6.42 Å². The van der Waals surface area contributed by atoms with Crippen LogP contribution in [0.4, 0.5) is 0 Å². The fraction of sp³-hybridized carbons (Fsp3) is 0.800. The van der Waals surface area contributed by atoms with Gasteiger partial charge in [-0.3, -0.25) is 0 Å². The number of aromatic nitrogens is 1. The van der Waals surface area contributed by atoms with Crippen LogP contribution in [-0.4, -0.2) is 17.6 Å². The molecule has 0 saturated carbocycles. The minimum atomic E-state index is 0.595. The van der Waals surface area contributed by atoms with Gasteiger partial charge in [0.25, 0.3) is 0 Å². The summed E-state index contributed by atoms with van der Waals surface area (Å²) >= 11 is 1.80. The Bertz CT molecular complexity index is 322. The molecule has 1 N–H and O–H groups in total. The summed E-state index contributed by atoms with van der Waals surface area (Å²) < 4.78 is 0. The third-order valence-electron chi connectivity index (χ3n) is 3.55. The Morgan fingerprint density at radius 2 is 2.11 bits per heavy atom. The van der Waals surface area contributed by atoms with Crippen molar-refractivity contribution in [1.29, 1.82) is 0 Å². The van der Waals surface area contributed by atoms with Crippen molar-refractivity contribution in [2.24, 2.45) is 5.92 Å². The first-order chi connectivity index (χ1) is 8.71. The summed E-state index contributed by atoms with van der Waals surface area (Å²) in [5.74, 6) is 0.786. The van der Waals surface area contributed by atoms with Gasteiger partial charge in [-0.15, -0.1) is 11.3 Å². The van der Waals surface area contributed by atoms with Gasteiger partial charge >= 0.3 is 0 Å². The number of rotatable bonds is 9. The first-order valence-electron chi connectivity index (χ1n) is 7.35. The van der Waals surface area contributed by atoms with E-state index in [0.717, 1.165) is 24.6 Å². The molecule has 3 heteroatoms. The smallest absolute Gasteiger partial charge is 0.0943 e. The van der Waals surface area contributed by atoms with E-state index in [9.17, 15) is 0 Å². The molecule has 2 unspecified atom stereocenters. The maximum atomic E-state index is 4.61. The number of hydrogen-bond donors (Lipinski definition) is 1. The fourth-order valence-electron chi connectivity index (χ4n) is 2.51. The molecule has 0 aromatic carbocycles. The Morgan fingerprint density at radius 1 is 1.33 bits per heavy atom. The van der Waals surface area contributed by atoms with Gasteiger partial charge in [0.1, 0.15) is 0 Å². The Morgan fingerprint density at radius 3 is 2.61 bits per heavy atom. The minimum Gasteiger partial charge on any atom is -0.314 e. The molecule has 2 nitrogen and oxygen atoms in total. The number of thiazole rings is 1. The van der Waals surface area contributed by atoms with Gasteiger partial charge in [0.2, 0.25) is 0 Å². The van der Waals surface area contributed by atoms with Crippen molar-refractivity contribution >= 4 is 11.3 Å². The molecule has 0 spiro atoms. The van der Waals surface area contributed by atoms with Gasteiger partial charge in [-0.25, -0.2) is 4.98 Å². The van der Waals surface area contributed by atoms with E-state index in [0.29, 0.717) is 6.04 Å². The molecule has 104 valence electrons. The zero-order chi connectivity index (χ0) is 13.4. The van der Waals surface area contributed by atoms with E-state index in [-0.39, 0.29) is 0 Å². The lowest BCUT2D eigenvalue weighted by Gasteiger charge is -2.26. The van der Waals surface area contributed by atoms with Crippen molar-refractivity contribution in [2.45, 2.75) is 65.8 Å². The van der Waals surface area contributed by atoms with Crippen molar-refractivity contribution in [3.8, 4) is 0 Å². The highest BCUT2D eigenvalue weighted by atomic mass is 32.1. The van der Waals surface area contributed by atoms with Crippen LogP contribution >= 0.6 is 11.3 Å². The zero-order valence-electron chi connectivity index (χ0n) is 12.3. The third-order valence-corrected chi connectivity index (χ3v) is 4.54. The molecule has 18 heavy (non-hydrogen) atoms. The normalized spacial score (nSPS) is 14.7. The summed E-state index contributed by atoms with van der Waals surface area (Å²) in [6.07, 6.45) is 6.34. The third kappa shape index (κ3) is 5.07. The van der Waals surface area contributed by atoms with Gasteiger partial charge in [-0.1, -0.05) is 40.0 Å². The van der Waals surface area contributed by atoms with Gasteiger partial charge in [0, 0.05) is 23.5 Å². The largest absolute Gasteiger partial charge is 0.314 e. The quantitative estimate of drug-likeness (QED) is 0.726. The Hall–Kier alpha value is -0.410. The highest BCUT2D eigenvalue weighted by Gasteiger charge is 2.20. The predicted octanol–water partition coefficient (Wildman–Crippen LogP) is 4.19. The number of hydrogen-bond acceptors (Lipinski definition) is 3. The zero-order valence-corrected chi connectivity index (χ0v) is 13.1. The molecule has 0 bridgehead atoms. The highest BCUT2D eigenvalue weighted by molar-refractivity contribution is 7.09. The Balaban J connectivity index is 2.61. The van der Waals surface area contributed by atoms with Crippen LogP contribution in [0.15, 0.2) is 5.38 Å². The molecule has 0 aliphatic rings. The maximum absolute atomic E-state index is 4.61. The molecule has 1 aromatic heterocycles. The maximum Gasteiger partial charge on any atom is 0.0943 e. The van der Waals surface area contributed by atoms with Gasteiger partial charge in [-0.2, -0.15) is 0 Å². The Kier molecular flexibility index (Phi) is 7.52. The van der Waals surface area contributed by atoms with Crippen LogP contribution in [0.5, 0.6) is 0 Å². The summed E-state index contributed by atoms with van der Waals surface area (Å²) in [7, 11) is 0. The van der Waals surface area contributed by atoms with Crippen molar-refractivity contribution in [2.75, 3.05) is 6.54 Å². The SMILES string of the molecule is CCCCC(CC)C(Cc1nc(C)cs1)NCC. The van der Waals surface area contributed by atoms with E-state index in [1.807, 2.05) is 0 Å². The van der Waals surface area contributed by atoms with Crippen LogP contribution in [0.1, 0.15) is 57.2 Å². The second-order valence-electron chi connectivity index (χ2n) is 5.06. The minimum absolute atomic E-state index is 0.595. The fourth-order valence-corrected chi connectivity index (χ4v) is 3.34. The number of nitrogens with one attached hydrogen (secondary N) is 1. The lowest BCUT2D eigenvalue weighted by Crippen LogP contribution is -2.37. The summed E-state index contributed by atoms with van der Waals surface area (Å²) in [4.78, 5) is 4.61. The molecule has 0 saturated heterocycles. The monoisotopic (exact) mass is 268 g/mol. The number of aryl methyl sites for hydroxylation is 1. The van der Waals surface area contributed by atoms with Crippen LogP contribution in [0.2, 0.25) is 0 Å². The molecular formula is C15H28N2S. The van der Waals surface area contributed by atoms with Gasteiger partial charge in [-0.05, 0) is 25.8 Å². The van der Waals surface area contributed by atoms with Crippen molar-refractivity contribution in [1.82, 2.24) is 10.3 Å². The first-order valence-corrected chi connectivity index (χ1v) is 8.23. The molecular weight excluding hydrogens is 240 g/mol. The lowest BCUT2D eigenvalue weighted by atomic mass is 9.89.